The Labute approximate surface area is 168 Å². The van der Waals surface area contributed by atoms with Crippen molar-refractivity contribution in [3.63, 3.8) is 0 Å². The highest BCUT2D eigenvalue weighted by molar-refractivity contribution is 5.90. The molecule has 1 aliphatic heterocycles. The molecule has 0 unspecified atom stereocenters. The highest BCUT2D eigenvalue weighted by Crippen LogP contribution is 2.28. The first-order valence-electron chi connectivity index (χ1n) is 9.63. The van der Waals surface area contributed by atoms with Crippen LogP contribution in [0.4, 0.5) is 11.4 Å². The lowest BCUT2D eigenvalue weighted by Gasteiger charge is -2.35. The lowest BCUT2D eigenvalue weighted by molar-refractivity contribution is -0.385. The largest absolute Gasteiger partial charge is 0.395 e. The van der Waals surface area contributed by atoms with Gasteiger partial charge in [-0.3, -0.25) is 20.1 Å². The maximum atomic E-state index is 11.7. The number of aliphatic hydroxyl groups excluding tert-OH is 1. The van der Waals surface area contributed by atoms with Crippen molar-refractivity contribution in [1.82, 2.24) is 15.1 Å². The Morgan fingerprint density at radius 3 is 2.69 bits per heavy atom. The average molecular weight is 393 g/mol. The van der Waals surface area contributed by atoms with Crippen molar-refractivity contribution in [2.24, 2.45) is 0 Å². The Balaban J connectivity index is 1.56. The van der Waals surface area contributed by atoms with Gasteiger partial charge in [-0.25, -0.2) is 0 Å². The van der Waals surface area contributed by atoms with Crippen molar-refractivity contribution in [2.45, 2.75) is 0 Å². The number of β-amino-alcohol motifs (C(OH)–C–C–N with tert-alkyl or cyclic N) is 1. The Hall–Kier alpha value is -3.23. The number of benzene rings is 2. The summed E-state index contributed by atoms with van der Waals surface area (Å²) in [6.45, 7) is 4.05. The number of hydrogen-bond donors (Lipinski definition) is 2. The SMILES string of the molecule is O=[N+]([O-])c1cc(N2CCN(CCO)CC2)ccc1C=Cc1n[nH]c2ccccc12. The highest BCUT2D eigenvalue weighted by Gasteiger charge is 2.20. The molecule has 1 saturated heterocycles. The van der Waals surface area contributed by atoms with Crippen molar-refractivity contribution < 1.29 is 10.0 Å². The number of nitrogens with zero attached hydrogens (tertiary/aromatic N) is 4. The van der Waals surface area contributed by atoms with Crippen LogP contribution in [-0.2, 0) is 0 Å². The first-order valence-corrected chi connectivity index (χ1v) is 9.63. The maximum Gasteiger partial charge on any atom is 0.278 e. The Kier molecular flexibility index (Phi) is 5.55. The topological polar surface area (TPSA) is 98.5 Å². The van der Waals surface area contributed by atoms with Crippen LogP contribution < -0.4 is 4.90 Å². The van der Waals surface area contributed by atoms with E-state index in [4.69, 9.17) is 5.11 Å². The predicted octanol–water partition coefficient (Wildman–Crippen LogP) is 2.76. The third kappa shape index (κ3) is 4.13. The lowest BCUT2D eigenvalue weighted by Crippen LogP contribution is -2.47. The smallest absolute Gasteiger partial charge is 0.278 e. The van der Waals surface area contributed by atoms with Crippen molar-refractivity contribution >= 4 is 34.4 Å². The van der Waals surface area contributed by atoms with Crippen LogP contribution in [0.3, 0.4) is 0 Å². The Bertz CT molecular complexity index is 1040. The van der Waals surface area contributed by atoms with Gasteiger partial charge in [0.2, 0.25) is 0 Å². The van der Waals surface area contributed by atoms with Gasteiger partial charge in [-0.2, -0.15) is 5.10 Å². The summed E-state index contributed by atoms with van der Waals surface area (Å²) >= 11 is 0. The Morgan fingerprint density at radius 2 is 1.93 bits per heavy atom. The second-order valence-electron chi connectivity index (χ2n) is 7.04. The van der Waals surface area contributed by atoms with Gasteiger partial charge < -0.3 is 10.0 Å². The molecule has 1 aliphatic rings. The summed E-state index contributed by atoms with van der Waals surface area (Å²) in [5.41, 5.74) is 3.15. The fourth-order valence-corrected chi connectivity index (χ4v) is 3.68. The van der Waals surface area contributed by atoms with Crippen LogP contribution in [-0.4, -0.2) is 64.5 Å². The molecule has 8 nitrogen and oxygen atoms in total. The minimum absolute atomic E-state index is 0.0800. The fraction of sp³-hybridized carbons (Fsp3) is 0.286. The van der Waals surface area contributed by atoms with Gasteiger partial charge in [0.15, 0.2) is 0 Å². The molecule has 2 heterocycles. The van der Waals surface area contributed by atoms with Crippen molar-refractivity contribution in [3.8, 4) is 0 Å². The van der Waals surface area contributed by atoms with Gasteiger partial charge in [0.1, 0.15) is 0 Å². The molecular formula is C21H23N5O3. The quantitative estimate of drug-likeness (QED) is 0.494. The number of aromatic amines is 1. The van der Waals surface area contributed by atoms with E-state index in [1.54, 1.807) is 24.3 Å². The normalized spacial score (nSPS) is 15.4. The van der Waals surface area contributed by atoms with E-state index in [2.05, 4.69) is 20.0 Å². The number of nitro groups is 1. The third-order valence-electron chi connectivity index (χ3n) is 5.28. The molecule has 4 rings (SSSR count). The summed E-state index contributed by atoms with van der Waals surface area (Å²) in [7, 11) is 0. The van der Waals surface area contributed by atoms with Crippen molar-refractivity contribution in [2.75, 3.05) is 44.2 Å². The first kappa shape index (κ1) is 19.1. The zero-order chi connectivity index (χ0) is 20.2. The number of nitrogens with one attached hydrogen (secondary N) is 1. The van der Waals surface area contributed by atoms with Crippen LogP contribution in [0.25, 0.3) is 23.1 Å². The molecule has 1 fully saturated rings. The zero-order valence-corrected chi connectivity index (χ0v) is 16.0. The highest BCUT2D eigenvalue weighted by atomic mass is 16.6. The number of fused-ring (bicyclic) bond motifs is 1. The van der Waals surface area contributed by atoms with Gasteiger partial charge in [0.25, 0.3) is 5.69 Å². The maximum absolute atomic E-state index is 11.7. The number of hydrogen-bond acceptors (Lipinski definition) is 6. The van der Waals surface area contributed by atoms with Gasteiger partial charge in [0.05, 0.1) is 28.3 Å². The fourth-order valence-electron chi connectivity index (χ4n) is 3.68. The minimum atomic E-state index is -0.339. The third-order valence-corrected chi connectivity index (χ3v) is 5.28. The molecule has 150 valence electrons. The number of anilines is 1. The summed E-state index contributed by atoms with van der Waals surface area (Å²) in [5.74, 6) is 0. The summed E-state index contributed by atoms with van der Waals surface area (Å²) in [6, 6.07) is 13.1. The van der Waals surface area contributed by atoms with Crippen LogP contribution >= 0.6 is 0 Å². The molecule has 1 aromatic heterocycles. The molecule has 0 radical (unpaired) electrons. The Morgan fingerprint density at radius 1 is 1.14 bits per heavy atom. The molecule has 8 heteroatoms. The minimum Gasteiger partial charge on any atom is -0.395 e. The van der Waals surface area contributed by atoms with Gasteiger partial charge in [-0.05, 0) is 30.4 Å². The number of aromatic nitrogens is 2. The van der Waals surface area contributed by atoms with Gasteiger partial charge in [-0.1, -0.05) is 18.2 Å². The average Bonchev–Trinajstić information content (AvgIpc) is 3.16. The van der Waals surface area contributed by atoms with Crippen molar-refractivity contribution in [3.05, 3.63) is 63.8 Å². The van der Waals surface area contributed by atoms with Crippen LogP contribution in [0.2, 0.25) is 0 Å². The monoisotopic (exact) mass is 393 g/mol. The van der Waals surface area contributed by atoms with Gasteiger partial charge in [-0.15, -0.1) is 0 Å². The molecule has 0 bridgehead atoms. The number of H-pyrrole nitrogens is 1. The zero-order valence-electron chi connectivity index (χ0n) is 16.0. The number of piperazine rings is 1. The molecule has 0 aliphatic carbocycles. The van der Waals surface area contributed by atoms with Gasteiger partial charge in [0, 0.05) is 49.9 Å². The molecule has 0 saturated carbocycles. The molecule has 29 heavy (non-hydrogen) atoms. The van der Waals surface area contributed by atoms with E-state index in [-0.39, 0.29) is 17.2 Å². The number of aliphatic hydroxyl groups is 1. The second kappa shape index (κ2) is 8.42. The molecule has 3 aromatic rings. The van der Waals surface area contributed by atoms with E-state index < -0.39 is 0 Å². The summed E-state index contributed by atoms with van der Waals surface area (Å²) < 4.78 is 0. The number of rotatable bonds is 6. The lowest BCUT2D eigenvalue weighted by atomic mass is 10.1. The standard InChI is InChI=1S/C21H23N5O3/c27-14-13-24-9-11-25(12-10-24)17-7-5-16(21(15-17)26(28)29)6-8-20-18-3-1-2-4-19(18)22-23-20/h1-8,15,27H,9-14H2,(H,22,23). The molecule has 0 amide bonds. The molecule has 0 spiro atoms. The van der Waals surface area contributed by atoms with Crippen LogP contribution in [0.5, 0.6) is 0 Å². The van der Waals surface area contributed by atoms with E-state index >= 15 is 0 Å². The summed E-state index contributed by atoms with van der Waals surface area (Å²) in [4.78, 5) is 15.7. The summed E-state index contributed by atoms with van der Waals surface area (Å²) in [5, 5.41) is 29.0. The summed E-state index contributed by atoms with van der Waals surface area (Å²) in [6.07, 6.45) is 3.54. The van der Waals surface area contributed by atoms with E-state index in [1.165, 1.54) is 0 Å². The molecule has 0 atom stereocenters. The second-order valence-corrected chi connectivity index (χ2v) is 7.04. The van der Waals surface area contributed by atoms with Crippen LogP contribution in [0.1, 0.15) is 11.3 Å². The first-order chi connectivity index (χ1) is 14.2. The van der Waals surface area contributed by atoms with E-state index in [9.17, 15) is 10.1 Å². The number of nitro benzene ring substituents is 1. The number of para-hydroxylation sites is 1. The van der Waals surface area contributed by atoms with Crippen LogP contribution in [0.15, 0.2) is 42.5 Å². The van der Waals surface area contributed by atoms with Gasteiger partial charge >= 0.3 is 0 Å². The molecule has 2 aromatic carbocycles. The predicted molar refractivity (Wildman–Crippen MR) is 114 cm³/mol. The van der Waals surface area contributed by atoms with Crippen molar-refractivity contribution in [1.29, 1.82) is 0 Å². The van der Waals surface area contributed by atoms with Crippen LogP contribution in [0, 0.1) is 10.1 Å². The van der Waals surface area contributed by atoms with E-state index in [1.807, 2.05) is 30.3 Å². The van der Waals surface area contributed by atoms with E-state index in [0.717, 1.165) is 48.5 Å². The molecular weight excluding hydrogens is 370 g/mol. The van der Waals surface area contributed by atoms with E-state index in [0.29, 0.717) is 12.1 Å². The molecule has 2 N–H and O–H groups in total.